The molecule has 0 aliphatic rings. The third-order valence-corrected chi connectivity index (χ3v) is 4.10. The summed E-state index contributed by atoms with van der Waals surface area (Å²) in [5.74, 6) is 0.815. The second-order valence-electron chi connectivity index (χ2n) is 4.51. The van der Waals surface area contributed by atoms with Gasteiger partial charge < -0.3 is 14.8 Å². The van der Waals surface area contributed by atoms with E-state index in [4.69, 9.17) is 21.1 Å². The lowest BCUT2D eigenvalue weighted by molar-refractivity contribution is 0.185. The summed E-state index contributed by atoms with van der Waals surface area (Å²) in [5, 5.41) is 4.10. The number of anilines is 1. The van der Waals surface area contributed by atoms with Crippen LogP contribution in [0.25, 0.3) is 0 Å². The van der Waals surface area contributed by atoms with Gasteiger partial charge in [0.15, 0.2) is 0 Å². The average Bonchev–Trinajstić information content (AvgIpc) is 2.48. The second-order valence-corrected chi connectivity index (χ2v) is 5.80. The van der Waals surface area contributed by atoms with Crippen LogP contribution in [0.15, 0.2) is 40.9 Å². The Labute approximate surface area is 138 Å². The molecule has 21 heavy (non-hydrogen) atoms. The van der Waals surface area contributed by atoms with Crippen molar-refractivity contribution in [3.63, 3.8) is 0 Å². The number of hydrogen-bond donors (Lipinski definition) is 1. The zero-order valence-corrected chi connectivity index (χ0v) is 14.3. The first-order valence-electron chi connectivity index (χ1n) is 6.48. The van der Waals surface area contributed by atoms with Crippen molar-refractivity contribution in [2.75, 3.05) is 19.5 Å². The van der Waals surface area contributed by atoms with Crippen molar-refractivity contribution in [2.45, 2.75) is 13.2 Å². The Morgan fingerprint density at radius 3 is 2.71 bits per heavy atom. The fourth-order valence-electron chi connectivity index (χ4n) is 2.09. The number of nitrogens with one attached hydrogen (secondary N) is 1. The Hall–Kier alpha value is -1.23. The van der Waals surface area contributed by atoms with E-state index in [9.17, 15) is 0 Å². The van der Waals surface area contributed by atoms with Gasteiger partial charge in [0.2, 0.25) is 0 Å². The molecule has 0 atom stereocenters. The van der Waals surface area contributed by atoms with Gasteiger partial charge in [0, 0.05) is 40.0 Å². The van der Waals surface area contributed by atoms with Crippen LogP contribution in [-0.4, -0.2) is 14.2 Å². The van der Waals surface area contributed by atoms with E-state index in [0.29, 0.717) is 18.2 Å². The van der Waals surface area contributed by atoms with E-state index in [1.54, 1.807) is 14.2 Å². The molecule has 0 unspecified atom stereocenters. The van der Waals surface area contributed by atoms with Crippen molar-refractivity contribution < 1.29 is 9.47 Å². The van der Waals surface area contributed by atoms with E-state index in [1.165, 1.54) is 0 Å². The van der Waals surface area contributed by atoms with Gasteiger partial charge in [-0.2, -0.15) is 0 Å². The lowest BCUT2D eigenvalue weighted by Gasteiger charge is -2.15. The monoisotopic (exact) mass is 369 g/mol. The van der Waals surface area contributed by atoms with Crippen LogP contribution in [0.5, 0.6) is 5.75 Å². The van der Waals surface area contributed by atoms with Crippen molar-refractivity contribution in [2.24, 2.45) is 0 Å². The van der Waals surface area contributed by atoms with E-state index >= 15 is 0 Å². The molecule has 0 amide bonds. The number of rotatable bonds is 6. The normalized spacial score (nSPS) is 10.5. The minimum absolute atomic E-state index is 0.538. The molecule has 0 saturated heterocycles. The van der Waals surface area contributed by atoms with E-state index in [-0.39, 0.29) is 0 Å². The van der Waals surface area contributed by atoms with Gasteiger partial charge in [-0.25, -0.2) is 0 Å². The molecule has 2 aromatic carbocycles. The van der Waals surface area contributed by atoms with Crippen molar-refractivity contribution in [3.05, 3.63) is 57.0 Å². The van der Waals surface area contributed by atoms with E-state index in [1.807, 2.05) is 36.4 Å². The highest BCUT2D eigenvalue weighted by Gasteiger charge is 2.08. The van der Waals surface area contributed by atoms with Crippen LogP contribution in [0.3, 0.4) is 0 Å². The SMILES string of the molecule is COCc1c(Br)cccc1NCc1cc(Cl)ccc1OC. The molecule has 0 heterocycles. The highest BCUT2D eigenvalue weighted by molar-refractivity contribution is 9.10. The van der Waals surface area contributed by atoms with Crippen LogP contribution in [0, 0.1) is 0 Å². The first kappa shape index (κ1) is 16.1. The van der Waals surface area contributed by atoms with Crippen molar-refractivity contribution in [1.82, 2.24) is 0 Å². The largest absolute Gasteiger partial charge is 0.496 e. The lowest BCUT2D eigenvalue weighted by atomic mass is 10.1. The molecule has 2 aromatic rings. The van der Waals surface area contributed by atoms with Crippen LogP contribution in [0.2, 0.25) is 5.02 Å². The number of hydrogen-bond acceptors (Lipinski definition) is 3. The van der Waals surface area contributed by atoms with Gasteiger partial charge in [-0.1, -0.05) is 33.6 Å². The summed E-state index contributed by atoms with van der Waals surface area (Å²) < 4.78 is 11.6. The molecule has 5 heteroatoms. The molecule has 0 saturated carbocycles. The zero-order chi connectivity index (χ0) is 15.2. The minimum Gasteiger partial charge on any atom is -0.496 e. The molecule has 1 N–H and O–H groups in total. The minimum atomic E-state index is 0.538. The molecule has 0 aliphatic carbocycles. The number of halogens is 2. The van der Waals surface area contributed by atoms with Crippen LogP contribution < -0.4 is 10.1 Å². The first-order valence-corrected chi connectivity index (χ1v) is 7.65. The van der Waals surface area contributed by atoms with Gasteiger partial charge in [0.1, 0.15) is 5.75 Å². The zero-order valence-electron chi connectivity index (χ0n) is 12.0. The maximum absolute atomic E-state index is 6.05. The number of methoxy groups -OCH3 is 2. The molecule has 3 nitrogen and oxygen atoms in total. The van der Waals surface area contributed by atoms with E-state index in [0.717, 1.165) is 27.0 Å². The summed E-state index contributed by atoms with van der Waals surface area (Å²) in [4.78, 5) is 0. The predicted molar refractivity (Wildman–Crippen MR) is 90.2 cm³/mol. The highest BCUT2D eigenvalue weighted by Crippen LogP contribution is 2.28. The highest BCUT2D eigenvalue weighted by atomic mass is 79.9. The molecule has 2 rings (SSSR count). The topological polar surface area (TPSA) is 30.5 Å². The third-order valence-electron chi connectivity index (χ3n) is 3.12. The first-order chi connectivity index (χ1) is 10.2. The summed E-state index contributed by atoms with van der Waals surface area (Å²) in [6.45, 7) is 1.16. The fraction of sp³-hybridized carbons (Fsp3) is 0.250. The molecule has 0 aromatic heterocycles. The standard InChI is InChI=1S/C16H17BrClNO2/c1-20-10-13-14(17)4-3-5-15(13)19-9-11-8-12(18)6-7-16(11)21-2/h3-8,19H,9-10H2,1-2H3. The van der Waals surface area contributed by atoms with Crippen molar-refractivity contribution in [3.8, 4) is 5.75 Å². The van der Waals surface area contributed by atoms with Crippen LogP contribution >= 0.6 is 27.5 Å². The van der Waals surface area contributed by atoms with E-state index < -0.39 is 0 Å². The van der Waals surface area contributed by atoms with Gasteiger partial charge >= 0.3 is 0 Å². The van der Waals surface area contributed by atoms with Crippen LogP contribution in [-0.2, 0) is 17.9 Å². The van der Waals surface area contributed by atoms with Gasteiger partial charge in [-0.15, -0.1) is 0 Å². The smallest absolute Gasteiger partial charge is 0.123 e. The molecule has 0 spiro atoms. The molecular formula is C16H17BrClNO2. The summed E-state index contributed by atoms with van der Waals surface area (Å²) in [6.07, 6.45) is 0. The maximum Gasteiger partial charge on any atom is 0.123 e. The number of benzene rings is 2. The van der Waals surface area contributed by atoms with Crippen molar-refractivity contribution in [1.29, 1.82) is 0 Å². The van der Waals surface area contributed by atoms with E-state index in [2.05, 4.69) is 21.2 Å². The maximum atomic E-state index is 6.05. The predicted octanol–water partition coefficient (Wildman–Crippen LogP) is 4.87. The second kappa shape index (κ2) is 7.69. The van der Waals surface area contributed by atoms with Gasteiger partial charge in [0.05, 0.1) is 13.7 Å². The molecule has 112 valence electrons. The molecule has 0 radical (unpaired) electrons. The van der Waals surface area contributed by atoms with Gasteiger partial charge in [-0.3, -0.25) is 0 Å². The summed E-state index contributed by atoms with van der Waals surface area (Å²) in [5.41, 5.74) is 3.11. The summed E-state index contributed by atoms with van der Waals surface area (Å²) >= 11 is 9.60. The fourth-order valence-corrected chi connectivity index (χ4v) is 2.77. The quantitative estimate of drug-likeness (QED) is 0.787. The van der Waals surface area contributed by atoms with Gasteiger partial charge in [-0.05, 0) is 30.3 Å². The Bertz CT molecular complexity index is 619. The van der Waals surface area contributed by atoms with Crippen molar-refractivity contribution >= 4 is 33.2 Å². The molecule has 0 fully saturated rings. The Balaban J connectivity index is 2.20. The Morgan fingerprint density at radius 2 is 2.00 bits per heavy atom. The molecule has 0 aliphatic heterocycles. The van der Waals surface area contributed by atoms with Crippen LogP contribution in [0.4, 0.5) is 5.69 Å². The van der Waals surface area contributed by atoms with Crippen LogP contribution in [0.1, 0.15) is 11.1 Å². The molecular weight excluding hydrogens is 354 g/mol. The number of ether oxygens (including phenoxy) is 2. The Morgan fingerprint density at radius 1 is 1.19 bits per heavy atom. The molecule has 0 bridgehead atoms. The van der Waals surface area contributed by atoms with Gasteiger partial charge in [0.25, 0.3) is 0 Å². The average molecular weight is 371 g/mol. The lowest BCUT2D eigenvalue weighted by Crippen LogP contribution is -2.05. The third kappa shape index (κ3) is 4.13. The summed E-state index contributed by atoms with van der Waals surface area (Å²) in [6, 6.07) is 11.6. The Kier molecular flexibility index (Phi) is 5.91. The summed E-state index contributed by atoms with van der Waals surface area (Å²) in [7, 11) is 3.34.